The molecule has 0 aliphatic carbocycles. The molecule has 5 nitrogen and oxygen atoms in total. The van der Waals surface area contributed by atoms with Crippen LogP contribution in [-0.2, 0) is 6.54 Å². The van der Waals surface area contributed by atoms with Gasteiger partial charge in [-0.05, 0) is 28.1 Å². The fraction of sp³-hybridized carbons (Fsp3) is 0.188. The minimum absolute atomic E-state index is 0.318. The molecule has 1 heterocycles. The number of hydrogen-bond acceptors (Lipinski definition) is 4. The number of hydrogen-bond donors (Lipinski definition) is 1. The number of rotatable bonds is 4. The Hall–Kier alpha value is -2.69. The predicted octanol–water partition coefficient (Wildman–Crippen LogP) is 2.73. The standard InChI is InChI=1S/C16H17N5/c1-12(13-7-3-2-4-8-13)11-21-16(18-19-20-21)14-9-5-6-10-15(14)17/h2-10,12H,11,17H2,1H3. The van der Waals surface area contributed by atoms with E-state index in [0.29, 0.717) is 24.0 Å². The largest absolute Gasteiger partial charge is 0.398 e. The third-order valence-electron chi connectivity index (χ3n) is 3.55. The molecular formula is C16H17N5. The van der Waals surface area contributed by atoms with Gasteiger partial charge in [0.25, 0.3) is 0 Å². The van der Waals surface area contributed by atoms with Crippen molar-refractivity contribution in [2.24, 2.45) is 0 Å². The van der Waals surface area contributed by atoms with Gasteiger partial charge in [-0.1, -0.05) is 49.4 Å². The van der Waals surface area contributed by atoms with Crippen molar-refractivity contribution in [3.8, 4) is 11.4 Å². The summed E-state index contributed by atoms with van der Waals surface area (Å²) in [6.45, 7) is 2.87. The van der Waals surface area contributed by atoms with Crippen LogP contribution in [0.25, 0.3) is 11.4 Å². The highest BCUT2D eigenvalue weighted by molar-refractivity contribution is 5.70. The first-order valence-electron chi connectivity index (χ1n) is 6.91. The molecule has 2 N–H and O–H groups in total. The molecule has 1 atom stereocenters. The van der Waals surface area contributed by atoms with Crippen LogP contribution in [0, 0.1) is 0 Å². The normalized spacial score (nSPS) is 12.2. The lowest BCUT2D eigenvalue weighted by molar-refractivity contribution is 0.531. The fourth-order valence-corrected chi connectivity index (χ4v) is 2.37. The number of nitrogen functional groups attached to an aromatic ring is 1. The van der Waals surface area contributed by atoms with E-state index in [1.54, 1.807) is 0 Å². The van der Waals surface area contributed by atoms with Gasteiger partial charge in [0, 0.05) is 17.2 Å². The van der Waals surface area contributed by atoms with Gasteiger partial charge in [0.05, 0.1) is 6.54 Å². The number of para-hydroxylation sites is 1. The zero-order chi connectivity index (χ0) is 14.7. The van der Waals surface area contributed by atoms with Crippen LogP contribution in [0.4, 0.5) is 5.69 Å². The van der Waals surface area contributed by atoms with E-state index in [2.05, 4.69) is 34.6 Å². The van der Waals surface area contributed by atoms with E-state index < -0.39 is 0 Å². The van der Waals surface area contributed by atoms with Gasteiger partial charge in [0.1, 0.15) is 0 Å². The molecule has 5 heteroatoms. The minimum atomic E-state index is 0.318. The first-order chi connectivity index (χ1) is 10.3. The number of aromatic nitrogens is 4. The Balaban J connectivity index is 1.88. The molecule has 3 rings (SSSR count). The molecule has 3 aromatic rings. The van der Waals surface area contributed by atoms with Crippen LogP contribution in [0.15, 0.2) is 54.6 Å². The third kappa shape index (κ3) is 2.76. The number of anilines is 1. The summed E-state index contributed by atoms with van der Waals surface area (Å²) in [5, 5.41) is 12.0. The van der Waals surface area contributed by atoms with Crippen LogP contribution in [0.3, 0.4) is 0 Å². The van der Waals surface area contributed by atoms with Crippen LogP contribution in [0.1, 0.15) is 18.4 Å². The zero-order valence-corrected chi connectivity index (χ0v) is 11.8. The lowest BCUT2D eigenvalue weighted by atomic mass is 10.0. The summed E-state index contributed by atoms with van der Waals surface area (Å²) >= 11 is 0. The summed E-state index contributed by atoms with van der Waals surface area (Å²) < 4.78 is 1.81. The van der Waals surface area contributed by atoms with Crippen LogP contribution in [0.5, 0.6) is 0 Å². The highest BCUT2D eigenvalue weighted by atomic mass is 15.5. The van der Waals surface area contributed by atoms with Gasteiger partial charge >= 0.3 is 0 Å². The Bertz CT molecular complexity index is 720. The van der Waals surface area contributed by atoms with Crippen LogP contribution >= 0.6 is 0 Å². The maximum atomic E-state index is 6.01. The molecule has 0 radical (unpaired) electrons. The van der Waals surface area contributed by atoms with Crippen LogP contribution in [-0.4, -0.2) is 20.2 Å². The SMILES string of the molecule is CC(Cn1nnnc1-c1ccccc1N)c1ccccc1. The molecule has 1 aromatic heterocycles. The van der Waals surface area contributed by atoms with E-state index in [4.69, 9.17) is 5.73 Å². The van der Waals surface area contributed by atoms with Crippen molar-refractivity contribution in [2.45, 2.75) is 19.4 Å². The van der Waals surface area contributed by atoms with Gasteiger partial charge < -0.3 is 5.73 Å². The van der Waals surface area contributed by atoms with E-state index >= 15 is 0 Å². The lowest BCUT2D eigenvalue weighted by Gasteiger charge is -2.13. The molecule has 0 aliphatic rings. The van der Waals surface area contributed by atoms with E-state index in [0.717, 1.165) is 5.56 Å². The molecule has 0 saturated heterocycles. The summed E-state index contributed by atoms with van der Waals surface area (Å²) in [4.78, 5) is 0. The Morgan fingerprint density at radius 3 is 2.52 bits per heavy atom. The fourth-order valence-electron chi connectivity index (χ4n) is 2.37. The van der Waals surface area contributed by atoms with Crippen molar-refractivity contribution < 1.29 is 0 Å². The van der Waals surface area contributed by atoms with Crippen molar-refractivity contribution in [1.82, 2.24) is 20.2 Å². The van der Waals surface area contributed by atoms with Gasteiger partial charge in [0.15, 0.2) is 5.82 Å². The summed E-state index contributed by atoms with van der Waals surface area (Å²) in [6, 6.07) is 18.0. The maximum Gasteiger partial charge on any atom is 0.184 e. The molecule has 0 spiro atoms. The van der Waals surface area contributed by atoms with Gasteiger partial charge in [-0.15, -0.1) is 5.10 Å². The van der Waals surface area contributed by atoms with E-state index in [9.17, 15) is 0 Å². The highest BCUT2D eigenvalue weighted by Crippen LogP contribution is 2.24. The Morgan fingerprint density at radius 2 is 1.76 bits per heavy atom. The van der Waals surface area contributed by atoms with Crippen LogP contribution < -0.4 is 5.73 Å². The van der Waals surface area contributed by atoms with Crippen LogP contribution in [0.2, 0.25) is 0 Å². The molecule has 0 saturated carbocycles. The number of tetrazole rings is 1. The summed E-state index contributed by atoms with van der Waals surface area (Å²) in [6.07, 6.45) is 0. The quantitative estimate of drug-likeness (QED) is 0.745. The second-order valence-electron chi connectivity index (χ2n) is 5.08. The molecule has 21 heavy (non-hydrogen) atoms. The molecule has 0 aliphatic heterocycles. The Morgan fingerprint density at radius 1 is 1.05 bits per heavy atom. The van der Waals surface area contributed by atoms with Gasteiger partial charge in [0.2, 0.25) is 0 Å². The van der Waals surface area contributed by atoms with Gasteiger partial charge in [-0.25, -0.2) is 4.68 Å². The predicted molar refractivity (Wildman–Crippen MR) is 82.5 cm³/mol. The number of nitrogens with two attached hydrogens (primary N) is 1. The minimum Gasteiger partial charge on any atom is -0.398 e. The highest BCUT2D eigenvalue weighted by Gasteiger charge is 2.14. The maximum absolute atomic E-state index is 6.01. The molecule has 1 unspecified atom stereocenters. The van der Waals surface area contributed by atoms with Crippen molar-refractivity contribution in [2.75, 3.05) is 5.73 Å². The zero-order valence-electron chi connectivity index (χ0n) is 11.8. The molecule has 106 valence electrons. The monoisotopic (exact) mass is 279 g/mol. The summed E-state index contributed by atoms with van der Waals surface area (Å²) in [7, 11) is 0. The topological polar surface area (TPSA) is 69.6 Å². The lowest BCUT2D eigenvalue weighted by Crippen LogP contribution is -2.10. The average molecular weight is 279 g/mol. The van der Waals surface area contributed by atoms with E-state index in [-0.39, 0.29) is 0 Å². The van der Waals surface area contributed by atoms with Crippen molar-refractivity contribution in [3.05, 3.63) is 60.2 Å². The van der Waals surface area contributed by atoms with Gasteiger partial charge in [-0.3, -0.25) is 0 Å². The number of benzene rings is 2. The van der Waals surface area contributed by atoms with Crippen molar-refractivity contribution in [1.29, 1.82) is 0 Å². The molecule has 0 bridgehead atoms. The molecule has 0 amide bonds. The molecule has 2 aromatic carbocycles. The van der Waals surface area contributed by atoms with Crippen molar-refractivity contribution >= 4 is 5.69 Å². The van der Waals surface area contributed by atoms with Gasteiger partial charge in [-0.2, -0.15) is 0 Å². The second kappa shape index (κ2) is 5.75. The second-order valence-corrected chi connectivity index (χ2v) is 5.08. The first-order valence-corrected chi connectivity index (χ1v) is 6.91. The Labute approximate surface area is 123 Å². The summed E-state index contributed by atoms with van der Waals surface area (Å²) in [5.74, 6) is 1.02. The summed E-state index contributed by atoms with van der Waals surface area (Å²) in [5.41, 5.74) is 8.82. The molecular weight excluding hydrogens is 262 g/mol. The average Bonchev–Trinajstić information content (AvgIpc) is 2.96. The van der Waals surface area contributed by atoms with E-state index in [1.807, 2.05) is 47.1 Å². The molecule has 0 fully saturated rings. The van der Waals surface area contributed by atoms with Crippen molar-refractivity contribution in [3.63, 3.8) is 0 Å². The number of nitrogens with zero attached hydrogens (tertiary/aromatic N) is 4. The smallest absolute Gasteiger partial charge is 0.184 e. The third-order valence-corrected chi connectivity index (χ3v) is 3.55. The van der Waals surface area contributed by atoms with E-state index in [1.165, 1.54) is 5.56 Å². The first kappa shape index (κ1) is 13.3. The Kier molecular flexibility index (Phi) is 3.64.